The molecule has 1 aromatic rings. The number of hydrogen-bond acceptors (Lipinski definition) is 3. The lowest BCUT2D eigenvalue weighted by Gasteiger charge is -2.26. The van der Waals surface area contributed by atoms with E-state index in [1.807, 2.05) is 12.2 Å². The highest BCUT2D eigenvalue weighted by molar-refractivity contribution is 5.60. The summed E-state index contributed by atoms with van der Waals surface area (Å²) in [4.78, 5) is 3.94. The smallest absolute Gasteiger partial charge is 0.248 e. The predicted octanol–water partition coefficient (Wildman–Crippen LogP) is 3.51. The van der Waals surface area contributed by atoms with Gasteiger partial charge in [-0.15, -0.1) is 0 Å². The Balaban J connectivity index is 2.05. The van der Waals surface area contributed by atoms with E-state index in [1.54, 1.807) is 19.4 Å². The Morgan fingerprint density at radius 2 is 2.11 bits per heavy atom. The van der Waals surface area contributed by atoms with Gasteiger partial charge in [-0.2, -0.15) is 0 Å². The Labute approximate surface area is 111 Å². The van der Waals surface area contributed by atoms with Gasteiger partial charge in [0.2, 0.25) is 5.92 Å². The van der Waals surface area contributed by atoms with Crippen molar-refractivity contribution in [2.24, 2.45) is 5.92 Å². The minimum Gasteiger partial charge on any atom is -0.495 e. The predicted molar refractivity (Wildman–Crippen MR) is 71.1 cm³/mol. The van der Waals surface area contributed by atoms with E-state index in [4.69, 9.17) is 10.5 Å². The maximum Gasteiger partial charge on any atom is 0.248 e. The Morgan fingerprint density at radius 1 is 1.42 bits per heavy atom. The molecule has 0 atom stereocenters. The van der Waals surface area contributed by atoms with Crippen molar-refractivity contribution in [1.82, 2.24) is 4.98 Å². The third-order valence-electron chi connectivity index (χ3n) is 3.45. The van der Waals surface area contributed by atoms with Gasteiger partial charge in [0.05, 0.1) is 13.3 Å². The highest BCUT2D eigenvalue weighted by Gasteiger charge is 2.33. The number of aromatic nitrogens is 1. The van der Waals surface area contributed by atoms with Gasteiger partial charge in [-0.3, -0.25) is 0 Å². The molecule has 3 nitrogen and oxygen atoms in total. The quantitative estimate of drug-likeness (QED) is 0.912. The van der Waals surface area contributed by atoms with E-state index in [1.165, 1.54) is 0 Å². The molecule has 0 spiro atoms. The minimum absolute atomic E-state index is 0.0301. The van der Waals surface area contributed by atoms with E-state index >= 15 is 0 Å². The van der Waals surface area contributed by atoms with Crippen molar-refractivity contribution in [2.75, 3.05) is 12.8 Å². The van der Waals surface area contributed by atoms with Gasteiger partial charge in [-0.25, -0.2) is 13.8 Å². The number of rotatable bonds is 3. The number of nitrogens with two attached hydrogens (primary N) is 1. The summed E-state index contributed by atoms with van der Waals surface area (Å²) in [6, 6.07) is 1.72. The van der Waals surface area contributed by atoms with Crippen molar-refractivity contribution >= 4 is 11.9 Å². The fourth-order valence-corrected chi connectivity index (χ4v) is 2.27. The van der Waals surface area contributed by atoms with Crippen LogP contribution in [0.15, 0.2) is 18.3 Å². The molecule has 0 amide bonds. The van der Waals surface area contributed by atoms with E-state index in [9.17, 15) is 8.78 Å². The molecule has 0 bridgehead atoms. The molecule has 0 saturated heterocycles. The van der Waals surface area contributed by atoms with Crippen molar-refractivity contribution in [2.45, 2.75) is 31.6 Å². The third-order valence-corrected chi connectivity index (χ3v) is 3.45. The monoisotopic (exact) mass is 268 g/mol. The van der Waals surface area contributed by atoms with E-state index in [-0.39, 0.29) is 18.8 Å². The summed E-state index contributed by atoms with van der Waals surface area (Å²) in [6.07, 6.45) is 6.38. The molecule has 1 aliphatic carbocycles. The second-order valence-corrected chi connectivity index (χ2v) is 4.90. The number of allylic oxidation sites excluding steroid dienone is 1. The Morgan fingerprint density at radius 3 is 2.74 bits per heavy atom. The highest BCUT2D eigenvalue weighted by Crippen LogP contribution is 2.37. The summed E-state index contributed by atoms with van der Waals surface area (Å²) in [5, 5.41) is 0. The van der Waals surface area contributed by atoms with E-state index in [0.717, 1.165) is 5.56 Å². The molecule has 1 saturated carbocycles. The van der Waals surface area contributed by atoms with Crippen LogP contribution in [-0.4, -0.2) is 18.0 Å². The summed E-state index contributed by atoms with van der Waals surface area (Å²) in [6.45, 7) is 0. The summed E-state index contributed by atoms with van der Waals surface area (Å²) in [7, 11) is 1.56. The second-order valence-electron chi connectivity index (χ2n) is 4.90. The normalized spacial score (nSPS) is 19.7. The van der Waals surface area contributed by atoms with Crippen molar-refractivity contribution in [1.29, 1.82) is 0 Å². The third kappa shape index (κ3) is 3.66. The number of anilines is 1. The fraction of sp³-hybridized carbons (Fsp3) is 0.500. The number of hydrogen-bond donors (Lipinski definition) is 1. The summed E-state index contributed by atoms with van der Waals surface area (Å²) in [5.41, 5.74) is 6.45. The van der Waals surface area contributed by atoms with Gasteiger partial charge >= 0.3 is 0 Å². The van der Waals surface area contributed by atoms with Crippen LogP contribution in [0.25, 0.3) is 6.08 Å². The molecular weight excluding hydrogens is 250 g/mol. The number of nitrogen functional groups attached to an aromatic ring is 1. The van der Waals surface area contributed by atoms with Crippen molar-refractivity contribution < 1.29 is 13.5 Å². The minimum atomic E-state index is -2.48. The zero-order chi connectivity index (χ0) is 13.9. The lowest BCUT2D eigenvalue weighted by atomic mass is 9.86. The van der Waals surface area contributed by atoms with Gasteiger partial charge in [-0.1, -0.05) is 12.2 Å². The van der Waals surface area contributed by atoms with Gasteiger partial charge in [0.1, 0.15) is 11.6 Å². The molecule has 0 aromatic carbocycles. The number of ether oxygens (including phenoxy) is 1. The van der Waals surface area contributed by atoms with Gasteiger partial charge in [0.25, 0.3) is 0 Å². The number of methoxy groups -OCH3 is 1. The summed E-state index contributed by atoms with van der Waals surface area (Å²) >= 11 is 0. The number of halogens is 2. The van der Waals surface area contributed by atoms with E-state index in [2.05, 4.69) is 4.98 Å². The van der Waals surface area contributed by atoms with Crippen LogP contribution in [0.3, 0.4) is 0 Å². The lowest BCUT2D eigenvalue weighted by Crippen LogP contribution is -2.23. The van der Waals surface area contributed by atoms with Crippen molar-refractivity contribution in [3.8, 4) is 5.75 Å². The fourth-order valence-electron chi connectivity index (χ4n) is 2.27. The lowest BCUT2D eigenvalue weighted by molar-refractivity contribution is -0.0410. The van der Waals surface area contributed by atoms with Crippen LogP contribution in [0.2, 0.25) is 0 Å². The molecule has 19 heavy (non-hydrogen) atoms. The zero-order valence-corrected chi connectivity index (χ0v) is 10.9. The Bertz CT molecular complexity index is 465. The van der Waals surface area contributed by atoms with Crippen molar-refractivity contribution in [3.63, 3.8) is 0 Å². The summed E-state index contributed by atoms with van der Waals surface area (Å²) < 4.78 is 31.3. The van der Waals surface area contributed by atoms with Crippen LogP contribution in [-0.2, 0) is 0 Å². The SMILES string of the molecule is COc1cnc(N)cc1C=CC1CCC(F)(F)CC1. The highest BCUT2D eigenvalue weighted by atomic mass is 19.3. The Hall–Kier alpha value is -1.65. The maximum atomic E-state index is 13.0. The molecule has 104 valence electrons. The molecule has 1 aromatic heterocycles. The van der Waals surface area contributed by atoms with Crippen LogP contribution in [0.1, 0.15) is 31.2 Å². The van der Waals surface area contributed by atoms with Gasteiger partial charge in [-0.05, 0) is 24.8 Å². The van der Waals surface area contributed by atoms with Crippen LogP contribution >= 0.6 is 0 Å². The van der Waals surface area contributed by atoms with E-state index < -0.39 is 5.92 Å². The molecule has 5 heteroatoms. The molecule has 1 aliphatic rings. The first-order chi connectivity index (χ1) is 9.00. The molecule has 0 unspecified atom stereocenters. The number of alkyl halides is 2. The van der Waals surface area contributed by atoms with Gasteiger partial charge in [0, 0.05) is 18.4 Å². The zero-order valence-electron chi connectivity index (χ0n) is 10.9. The number of nitrogens with zero attached hydrogens (tertiary/aromatic N) is 1. The maximum absolute atomic E-state index is 13.0. The first kappa shape index (κ1) is 13.8. The largest absolute Gasteiger partial charge is 0.495 e. The molecule has 1 heterocycles. The first-order valence-corrected chi connectivity index (χ1v) is 6.36. The molecule has 0 radical (unpaired) electrons. The van der Waals surface area contributed by atoms with Crippen LogP contribution < -0.4 is 10.5 Å². The second kappa shape index (κ2) is 5.55. The number of pyridine rings is 1. The molecule has 0 aliphatic heterocycles. The van der Waals surface area contributed by atoms with Crippen molar-refractivity contribution in [3.05, 3.63) is 23.9 Å². The van der Waals surface area contributed by atoms with Crippen LogP contribution in [0, 0.1) is 5.92 Å². The molecule has 1 fully saturated rings. The topological polar surface area (TPSA) is 48.1 Å². The Kier molecular flexibility index (Phi) is 4.02. The standard InChI is InChI=1S/C14H18F2N2O/c1-19-12-9-18-13(17)8-11(12)3-2-10-4-6-14(15,16)7-5-10/h2-3,8-10H,4-7H2,1H3,(H2,17,18). The summed E-state index contributed by atoms with van der Waals surface area (Å²) in [5.74, 6) is -1.25. The van der Waals surface area contributed by atoms with Crippen LogP contribution in [0.5, 0.6) is 5.75 Å². The first-order valence-electron chi connectivity index (χ1n) is 6.36. The molecular formula is C14H18F2N2O. The van der Waals surface area contributed by atoms with Gasteiger partial charge < -0.3 is 10.5 Å². The van der Waals surface area contributed by atoms with E-state index in [0.29, 0.717) is 24.4 Å². The van der Waals surface area contributed by atoms with Crippen LogP contribution in [0.4, 0.5) is 14.6 Å². The average molecular weight is 268 g/mol. The van der Waals surface area contributed by atoms with Gasteiger partial charge in [0.15, 0.2) is 0 Å². The average Bonchev–Trinajstić information content (AvgIpc) is 2.38. The molecule has 2 rings (SSSR count). The molecule has 2 N–H and O–H groups in total.